The summed E-state index contributed by atoms with van der Waals surface area (Å²) in [5, 5.41) is 22.3. The molecule has 0 bridgehead atoms. The van der Waals surface area contributed by atoms with Crippen LogP contribution in [0.3, 0.4) is 0 Å². The molecule has 0 aliphatic rings. The van der Waals surface area contributed by atoms with Gasteiger partial charge in [-0.15, -0.1) is 0 Å². The Morgan fingerprint density at radius 1 is 0.407 bits per heavy atom. The lowest BCUT2D eigenvalue weighted by Crippen LogP contribution is -2.37. The minimum atomic E-state index is -0.705. The molecule has 0 unspecified atom stereocenters. The van der Waals surface area contributed by atoms with E-state index >= 15 is 0 Å². The lowest BCUT2D eigenvalue weighted by Gasteiger charge is -2.09. The molecule has 5 amide bonds. The van der Waals surface area contributed by atoms with Crippen molar-refractivity contribution in [3.05, 3.63) is 0 Å². The SMILES string of the molecule is CSCC(=O)NCCNC(=O)COCCOCCNC(=O)COCCOCCNC(=O)CCCNC(=O)CCCCCCCCCCCCCCC(=O)O. The molecule has 6 N–H and O–H groups in total. The van der Waals surface area contributed by atoms with Crippen LogP contribution in [0.25, 0.3) is 0 Å². The molecule has 17 heteroatoms. The Labute approximate surface area is 326 Å². The van der Waals surface area contributed by atoms with Crippen LogP contribution >= 0.6 is 11.8 Å². The Bertz CT molecular complexity index is 994. The molecule has 0 saturated heterocycles. The smallest absolute Gasteiger partial charge is 0.303 e. The van der Waals surface area contributed by atoms with E-state index < -0.39 is 5.97 Å². The Morgan fingerprint density at radius 3 is 1.26 bits per heavy atom. The number of hydrogen-bond donors (Lipinski definition) is 6. The second-order valence-corrected chi connectivity index (χ2v) is 13.6. The molecule has 0 fully saturated rings. The summed E-state index contributed by atoms with van der Waals surface area (Å²) in [7, 11) is 0. The zero-order valence-corrected chi connectivity index (χ0v) is 33.5. The number of unbranched alkanes of at least 4 members (excludes halogenated alkanes) is 11. The van der Waals surface area contributed by atoms with Gasteiger partial charge in [-0.05, 0) is 25.5 Å². The number of ether oxygens (including phenoxy) is 4. The number of carboxylic acids is 1. The van der Waals surface area contributed by atoms with Gasteiger partial charge in [-0.25, -0.2) is 0 Å². The van der Waals surface area contributed by atoms with Gasteiger partial charge in [0.2, 0.25) is 29.5 Å². The molecule has 0 aromatic rings. The second kappa shape index (κ2) is 39.7. The largest absolute Gasteiger partial charge is 0.481 e. The van der Waals surface area contributed by atoms with Crippen molar-refractivity contribution in [1.82, 2.24) is 26.6 Å². The van der Waals surface area contributed by atoms with Gasteiger partial charge in [0.15, 0.2) is 0 Å². The highest BCUT2D eigenvalue weighted by Gasteiger charge is 2.06. The topological polar surface area (TPSA) is 220 Å². The van der Waals surface area contributed by atoms with E-state index in [0.29, 0.717) is 64.3 Å². The minimum absolute atomic E-state index is 0.0295. The van der Waals surface area contributed by atoms with E-state index in [1.807, 2.05) is 6.26 Å². The van der Waals surface area contributed by atoms with Crippen molar-refractivity contribution in [2.75, 3.05) is 97.6 Å². The van der Waals surface area contributed by atoms with Crippen LogP contribution in [-0.2, 0) is 47.7 Å². The third kappa shape index (κ3) is 40.2. The predicted molar refractivity (Wildman–Crippen MR) is 208 cm³/mol. The lowest BCUT2D eigenvalue weighted by molar-refractivity contribution is -0.137. The number of thioether (sulfide) groups is 1. The first-order chi connectivity index (χ1) is 26.2. The number of carbonyl (C=O) groups is 6. The summed E-state index contributed by atoms with van der Waals surface area (Å²) in [6.45, 7) is 3.22. The van der Waals surface area contributed by atoms with Crippen LogP contribution in [0.5, 0.6) is 0 Å². The number of rotatable bonds is 40. The molecule has 0 rings (SSSR count). The van der Waals surface area contributed by atoms with Crippen LogP contribution in [0.4, 0.5) is 0 Å². The maximum atomic E-state index is 12.0. The molecule has 0 aromatic heterocycles. The van der Waals surface area contributed by atoms with Gasteiger partial charge in [0, 0.05) is 52.0 Å². The molecular formula is C37H69N5O11S. The number of hydrogen-bond acceptors (Lipinski definition) is 11. The molecule has 0 aliphatic heterocycles. The van der Waals surface area contributed by atoms with E-state index in [9.17, 15) is 28.8 Å². The predicted octanol–water partition coefficient (Wildman–Crippen LogP) is 2.32. The zero-order valence-electron chi connectivity index (χ0n) is 32.7. The Hall–Kier alpha value is -2.99. The third-order valence-electron chi connectivity index (χ3n) is 7.84. The van der Waals surface area contributed by atoms with Crippen LogP contribution in [0.1, 0.15) is 103 Å². The van der Waals surface area contributed by atoms with Crippen LogP contribution in [0.2, 0.25) is 0 Å². The average molecular weight is 792 g/mol. The minimum Gasteiger partial charge on any atom is -0.481 e. The van der Waals surface area contributed by atoms with Gasteiger partial charge in [0.05, 0.1) is 45.4 Å². The number of carbonyl (C=O) groups excluding carboxylic acids is 5. The first-order valence-corrected chi connectivity index (χ1v) is 21.0. The molecule has 0 spiro atoms. The van der Waals surface area contributed by atoms with E-state index in [1.165, 1.54) is 50.3 Å². The molecule has 0 aromatic carbocycles. The highest BCUT2D eigenvalue weighted by Crippen LogP contribution is 2.13. The monoisotopic (exact) mass is 791 g/mol. The number of aliphatic carboxylic acids is 1. The Balaban J connectivity index is 3.39. The van der Waals surface area contributed by atoms with Crippen molar-refractivity contribution >= 4 is 47.3 Å². The van der Waals surface area contributed by atoms with Gasteiger partial charge in [-0.2, -0.15) is 11.8 Å². The van der Waals surface area contributed by atoms with Crippen molar-refractivity contribution in [3.8, 4) is 0 Å². The maximum absolute atomic E-state index is 12.0. The Kier molecular flexibility index (Phi) is 37.5. The molecule has 314 valence electrons. The quantitative estimate of drug-likeness (QED) is 0.0493. The van der Waals surface area contributed by atoms with Crippen LogP contribution in [0.15, 0.2) is 0 Å². The zero-order chi connectivity index (χ0) is 39.7. The number of carboxylic acid groups (broad SMARTS) is 1. The number of amides is 5. The van der Waals surface area contributed by atoms with Gasteiger partial charge < -0.3 is 50.6 Å². The van der Waals surface area contributed by atoms with Crippen molar-refractivity contribution in [3.63, 3.8) is 0 Å². The summed E-state index contributed by atoms with van der Waals surface area (Å²) in [5.74, 6) is -1.03. The standard InChI is InChI=1S/C37H69N5O11S/c1-54-31-36(47)40-20-19-39-34(45)29-52-27-26-51-24-22-42-35(46)30-53-28-25-50-23-21-41-33(44)16-14-18-38-32(43)15-12-10-8-6-4-2-3-5-7-9-11-13-17-37(48)49/h2-31H2,1H3,(H,38,43)(H,39,45)(H,40,47)(H,41,44)(H,42,46)(H,48,49). The van der Waals surface area contributed by atoms with E-state index in [1.54, 1.807) is 0 Å². The van der Waals surface area contributed by atoms with Crippen LogP contribution in [-0.4, -0.2) is 138 Å². The van der Waals surface area contributed by atoms with Gasteiger partial charge in [0.25, 0.3) is 0 Å². The second-order valence-electron chi connectivity index (χ2n) is 12.8. The van der Waals surface area contributed by atoms with Crippen molar-refractivity contribution < 1.29 is 52.8 Å². The summed E-state index contributed by atoms with van der Waals surface area (Å²) in [6.07, 6.45) is 16.8. The van der Waals surface area contributed by atoms with Crippen molar-refractivity contribution in [2.24, 2.45) is 0 Å². The summed E-state index contributed by atoms with van der Waals surface area (Å²) in [5.41, 5.74) is 0. The normalized spacial score (nSPS) is 10.8. The van der Waals surface area contributed by atoms with Gasteiger partial charge >= 0.3 is 5.97 Å². The Morgan fingerprint density at radius 2 is 0.778 bits per heavy atom. The van der Waals surface area contributed by atoms with E-state index in [2.05, 4.69) is 26.6 Å². The summed E-state index contributed by atoms with van der Waals surface area (Å²) < 4.78 is 21.3. The highest BCUT2D eigenvalue weighted by atomic mass is 32.2. The first kappa shape index (κ1) is 51.0. The van der Waals surface area contributed by atoms with Crippen molar-refractivity contribution in [1.29, 1.82) is 0 Å². The fourth-order valence-electron chi connectivity index (χ4n) is 4.97. The number of nitrogens with one attached hydrogen (secondary N) is 5. The van der Waals surface area contributed by atoms with Gasteiger partial charge in [-0.1, -0.05) is 64.2 Å². The van der Waals surface area contributed by atoms with E-state index in [4.69, 9.17) is 24.1 Å². The van der Waals surface area contributed by atoms with E-state index in [0.717, 1.165) is 38.5 Å². The molecule has 0 atom stereocenters. The highest BCUT2D eigenvalue weighted by molar-refractivity contribution is 7.99. The maximum Gasteiger partial charge on any atom is 0.303 e. The van der Waals surface area contributed by atoms with Crippen LogP contribution < -0.4 is 26.6 Å². The molecule has 16 nitrogen and oxygen atoms in total. The van der Waals surface area contributed by atoms with Gasteiger partial charge in [0.1, 0.15) is 13.2 Å². The molecule has 0 saturated carbocycles. The van der Waals surface area contributed by atoms with Gasteiger partial charge in [-0.3, -0.25) is 28.8 Å². The molecule has 0 radical (unpaired) electrons. The lowest BCUT2D eigenvalue weighted by atomic mass is 10.0. The summed E-state index contributed by atoms with van der Waals surface area (Å²) in [6, 6.07) is 0. The fourth-order valence-corrected chi connectivity index (χ4v) is 5.33. The summed E-state index contributed by atoms with van der Waals surface area (Å²) in [4.78, 5) is 69.3. The van der Waals surface area contributed by atoms with Crippen molar-refractivity contribution in [2.45, 2.75) is 103 Å². The molecule has 54 heavy (non-hydrogen) atoms. The fraction of sp³-hybridized carbons (Fsp3) is 0.838. The molecule has 0 aliphatic carbocycles. The summed E-state index contributed by atoms with van der Waals surface area (Å²) >= 11 is 1.43. The van der Waals surface area contributed by atoms with E-state index in [-0.39, 0.29) is 82.2 Å². The molecule has 0 heterocycles. The third-order valence-corrected chi connectivity index (χ3v) is 8.39. The molecular weight excluding hydrogens is 722 g/mol. The first-order valence-electron chi connectivity index (χ1n) is 19.6. The average Bonchev–Trinajstić information content (AvgIpc) is 3.14. The van der Waals surface area contributed by atoms with Crippen LogP contribution in [0, 0.1) is 0 Å².